The summed E-state index contributed by atoms with van der Waals surface area (Å²) in [6, 6.07) is 13.0. The molecule has 1 saturated heterocycles. The standard InChI is InChI=1S/C22H25N7S/c1-14-2-7-18(30-14)12-25-16-5-3-15(4-6-16)20-19-21(23)26-13-27-22(19)29(28-20)17-8-10-24-11-9-17/h2-7,13,17,24-25H,8-12H2,1H3,(H2,23,26,27). The maximum absolute atomic E-state index is 6.25. The number of benzene rings is 1. The summed E-state index contributed by atoms with van der Waals surface area (Å²) in [5, 5.41) is 12.7. The molecule has 0 unspecified atom stereocenters. The third-order valence-corrected chi connectivity index (χ3v) is 6.59. The molecule has 0 atom stereocenters. The molecule has 1 aliphatic rings. The SMILES string of the molecule is Cc1ccc(CNc2ccc(-c3nn(C4CCNCC4)c4ncnc(N)c34)cc2)s1. The Balaban J connectivity index is 1.45. The summed E-state index contributed by atoms with van der Waals surface area (Å²) >= 11 is 1.82. The highest BCUT2D eigenvalue weighted by molar-refractivity contribution is 7.11. The Labute approximate surface area is 179 Å². The molecule has 0 aliphatic carbocycles. The van der Waals surface area contributed by atoms with Crippen molar-refractivity contribution in [3.8, 4) is 11.3 Å². The van der Waals surface area contributed by atoms with E-state index in [4.69, 9.17) is 10.8 Å². The van der Waals surface area contributed by atoms with Gasteiger partial charge in [-0.05, 0) is 57.1 Å². The monoisotopic (exact) mass is 419 g/mol. The number of thiophene rings is 1. The molecule has 0 spiro atoms. The van der Waals surface area contributed by atoms with Crippen molar-refractivity contribution in [2.75, 3.05) is 24.1 Å². The van der Waals surface area contributed by atoms with Crippen LogP contribution in [0.15, 0.2) is 42.7 Å². The summed E-state index contributed by atoms with van der Waals surface area (Å²) in [5.74, 6) is 0.477. The molecule has 1 aromatic carbocycles. The van der Waals surface area contributed by atoms with Crippen LogP contribution in [0.1, 0.15) is 28.6 Å². The van der Waals surface area contributed by atoms with Gasteiger partial charge in [-0.3, -0.25) is 0 Å². The van der Waals surface area contributed by atoms with Gasteiger partial charge in [0.1, 0.15) is 17.8 Å². The Morgan fingerprint density at radius 2 is 1.93 bits per heavy atom. The first-order valence-electron chi connectivity index (χ1n) is 10.3. The van der Waals surface area contributed by atoms with Gasteiger partial charge in [-0.25, -0.2) is 14.6 Å². The average Bonchev–Trinajstić information content (AvgIpc) is 3.38. The molecule has 1 fully saturated rings. The number of fused-ring (bicyclic) bond motifs is 1. The van der Waals surface area contributed by atoms with E-state index in [9.17, 15) is 0 Å². The van der Waals surface area contributed by atoms with Crippen LogP contribution in [0.3, 0.4) is 0 Å². The van der Waals surface area contributed by atoms with Crippen molar-refractivity contribution in [3.05, 3.63) is 52.5 Å². The van der Waals surface area contributed by atoms with E-state index in [0.29, 0.717) is 11.9 Å². The predicted molar refractivity (Wildman–Crippen MR) is 123 cm³/mol. The second kappa shape index (κ2) is 8.04. The van der Waals surface area contributed by atoms with Crippen molar-refractivity contribution in [1.29, 1.82) is 0 Å². The maximum atomic E-state index is 6.25. The highest BCUT2D eigenvalue weighted by atomic mass is 32.1. The van der Waals surface area contributed by atoms with Gasteiger partial charge >= 0.3 is 0 Å². The van der Waals surface area contributed by atoms with Gasteiger partial charge in [-0.1, -0.05) is 12.1 Å². The molecule has 0 radical (unpaired) electrons. The third-order valence-electron chi connectivity index (χ3n) is 5.59. The summed E-state index contributed by atoms with van der Waals surface area (Å²) in [4.78, 5) is 11.4. The number of piperidine rings is 1. The van der Waals surface area contributed by atoms with Crippen molar-refractivity contribution in [3.63, 3.8) is 0 Å². The molecule has 0 bridgehead atoms. The number of rotatable bonds is 5. The minimum Gasteiger partial charge on any atom is -0.383 e. The molecule has 4 aromatic rings. The molecule has 154 valence electrons. The Kier molecular flexibility index (Phi) is 5.10. The van der Waals surface area contributed by atoms with Crippen molar-refractivity contribution in [2.45, 2.75) is 32.4 Å². The lowest BCUT2D eigenvalue weighted by Gasteiger charge is -2.23. The molecular formula is C22H25N7S. The normalized spacial score (nSPS) is 15.0. The molecule has 3 aromatic heterocycles. The minimum absolute atomic E-state index is 0.326. The van der Waals surface area contributed by atoms with Gasteiger partial charge in [-0.2, -0.15) is 5.10 Å². The van der Waals surface area contributed by atoms with Gasteiger partial charge in [0, 0.05) is 27.5 Å². The smallest absolute Gasteiger partial charge is 0.164 e. The fraction of sp³-hybridized carbons (Fsp3) is 0.318. The zero-order valence-electron chi connectivity index (χ0n) is 16.9. The van der Waals surface area contributed by atoms with E-state index >= 15 is 0 Å². The van der Waals surface area contributed by atoms with E-state index in [1.807, 2.05) is 11.3 Å². The predicted octanol–water partition coefficient (Wildman–Crippen LogP) is 3.98. The van der Waals surface area contributed by atoms with Crippen LogP contribution in [0.4, 0.5) is 11.5 Å². The molecule has 7 nitrogen and oxygen atoms in total. The summed E-state index contributed by atoms with van der Waals surface area (Å²) in [6.45, 7) is 4.94. The lowest BCUT2D eigenvalue weighted by Crippen LogP contribution is -2.30. The summed E-state index contributed by atoms with van der Waals surface area (Å²) < 4.78 is 2.05. The van der Waals surface area contributed by atoms with Crippen molar-refractivity contribution >= 4 is 33.9 Å². The zero-order chi connectivity index (χ0) is 20.5. The largest absolute Gasteiger partial charge is 0.383 e. The van der Waals surface area contributed by atoms with E-state index < -0.39 is 0 Å². The van der Waals surface area contributed by atoms with E-state index in [0.717, 1.165) is 60.5 Å². The van der Waals surface area contributed by atoms with Gasteiger partial charge in [0.25, 0.3) is 0 Å². The summed E-state index contributed by atoms with van der Waals surface area (Å²) in [5.41, 5.74) is 10.0. The Morgan fingerprint density at radius 3 is 2.67 bits per heavy atom. The number of aryl methyl sites for hydroxylation is 1. The summed E-state index contributed by atoms with van der Waals surface area (Å²) in [6.07, 6.45) is 3.59. The van der Waals surface area contributed by atoms with Crippen molar-refractivity contribution in [2.24, 2.45) is 0 Å². The highest BCUT2D eigenvalue weighted by Gasteiger charge is 2.23. The van der Waals surface area contributed by atoms with Crippen molar-refractivity contribution in [1.82, 2.24) is 25.1 Å². The number of anilines is 2. The first-order chi connectivity index (χ1) is 14.7. The molecule has 30 heavy (non-hydrogen) atoms. The topological polar surface area (TPSA) is 93.7 Å². The molecule has 0 saturated carbocycles. The Hall–Kier alpha value is -2.97. The van der Waals surface area contributed by atoms with Crippen LogP contribution in [-0.2, 0) is 6.54 Å². The van der Waals surface area contributed by atoms with E-state index in [1.54, 1.807) is 0 Å². The second-order valence-electron chi connectivity index (χ2n) is 7.68. The number of hydrogen-bond donors (Lipinski definition) is 3. The molecular weight excluding hydrogens is 394 g/mol. The molecule has 0 amide bonds. The fourth-order valence-electron chi connectivity index (χ4n) is 4.02. The first-order valence-corrected chi connectivity index (χ1v) is 11.1. The number of hydrogen-bond acceptors (Lipinski definition) is 7. The Morgan fingerprint density at radius 1 is 1.13 bits per heavy atom. The van der Waals surface area contributed by atoms with Gasteiger partial charge < -0.3 is 16.4 Å². The van der Waals surface area contributed by atoms with Crippen LogP contribution in [0, 0.1) is 6.92 Å². The van der Waals surface area contributed by atoms with Crippen LogP contribution >= 0.6 is 11.3 Å². The third kappa shape index (κ3) is 3.64. The highest BCUT2D eigenvalue weighted by Crippen LogP contribution is 2.33. The lowest BCUT2D eigenvalue weighted by atomic mass is 10.1. The lowest BCUT2D eigenvalue weighted by molar-refractivity contribution is 0.350. The average molecular weight is 420 g/mol. The van der Waals surface area contributed by atoms with E-state index in [-0.39, 0.29) is 0 Å². The van der Waals surface area contributed by atoms with Gasteiger partial charge in [0.15, 0.2) is 5.65 Å². The number of nitrogen functional groups attached to an aromatic ring is 1. The van der Waals surface area contributed by atoms with Crippen LogP contribution in [0.5, 0.6) is 0 Å². The second-order valence-corrected chi connectivity index (χ2v) is 9.05. The van der Waals surface area contributed by atoms with Crippen LogP contribution in [0.25, 0.3) is 22.3 Å². The number of nitrogens with zero attached hydrogens (tertiary/aromatic N) is 4. The minimum atomic E-state index is 0.326. The molecule has 1 aliphatic heterocycles. The van der Waals surface area contributed by atoms with E-state index in [1.165, 1.54) is 16.1 Å². The van der Waals surface area contributed by atoms with Crippen molar-refractivity contribution < 1.29 is 0 Å². The van der Waals surface area contributed by atoms with Gasteiger partial charge in [0.05, 0.1) is 11.4 Å². The van der Waals surface area contributed by atoms with E-state index in [2.05, 4.69) is 68.6 Å². The number of aromatic nitrogens is 4. The summed E-state index contributed by atoms with van der Waals surface area (Å²) in [7, 11) is 0. The Bertz CT molecular complexity index is 1160. The fourth-order valence-corrected chi connectivity index (χ4v) is 4.85. The first kappa shape index (κ1) is 19.0. The number of nitrogens with two attached hydrogens (primary N) is 1. The van der Waals surface area contributed by atoms with Crippen LogP contribution < -0.4 is 16.4 Å². The molecule has 4 heterocycles. The number of nitrogens with one attached hydrogen (secondary N) is 2. The van der Waals surface area contributed by atoms with Crippen LogP contribution in [-0.4, -0.2) is 32.8 Å². The molecule has 4 N–H and O–H groups in total. The molecule has 8 heteroatoms. The maximum Gasteiger partial charge on any atom is 0.164 e. The van der Waals surface area contributed by atoms with Crippen LogP contribution in [0.2, 0.25) is 0 Å². The van der Waals surface area contributed by atoms with Gasteiger partial charge in [0.2, 0.25) is 0 Å². The zero-order valence-corrected chi connectivity index (χ0v) is 17.7. The van der Waals surface area contributed by atoms with Gasteiger partial charge in [-0.15, -0.1) is 11.3 Å². The molecule has 5 rings (SSSR count). The quantitative estimate of drug-likeness (QED) is 0.453.